The lowest BCUT2D eigenvalue weighted by atomic mass is 10.2. The van der Waals surface area contributed by atoms with Gasteiger partial charge in [0.1, 0.15) is 0 Å². The molecule has 0 aromatic carbocycles. The minimum atomic E-state index is -1.49. The summed E-state index contributed by atoms with van der Waals surface area (Å²) >= 11 is 17.7. The Hall–Kier alpha value is 0.300. The van der Waals surface area contributed by atoms with Gasteiger partial charge in [0.25, 0.3) is 3.79 Å². The SMILES string of the molecule is CC[NH+](CC)[C@@H](NC(=O)C(C)C)C(Cl)(Cl)Cl. The summed E-state index contributed by atoms with van der Waals surface area (Å²) < 4.78 is -1.49. The molecule has 0 fully saturated rings. The highest BCUT2D eigenvalue weighted by Gasteiger charge is 2.41. The summed E-state index contributed by atoms with van der Waals surface area (Å²) in [6, 6.07) is 0. The van der Waals surface area contributed by atoms with Crippen LogP contribution in [-0.2, 0) is 4.79 Å². The van der Waals surface area contributed by atoms with Crippen LogP contribution in [0.5, 0.6) is 0 Å². The Balaban J connectivity index is 4.75. The molecule has 0 bridgehead atoms. The van der Waals surface area contributed by atoms with E-state index < -0.39 is 9.96 Å². The number of hydrogen-bond donors (Lipinski definition) is 2. The van der Waals surface area contributed by atoms with Crippen LogP contribution < -0.4 is 10.2 Å². The molecule has 0 saturated carbocycles. The van der Waals surface area contributed by atoms with E-state index >= 15 is 0 Å². The maximum absolute atomic E-state index is 11.6. The van der Waals surface area contributed by atoms with Crippen molar-refractivity contribution >= 4 is 40.7 Å². The van der Waals surface area contributed by atoms with Crippen molar-refractivity contribution < 1.29 is 9.69 Å². The monoisotopic (exact) mass is 289 g/mol. The largest absolute Gasteiger partial charge is 0.312 e. The Bertz CT molecular complexity index is 225. The van der Waals surface area contributed by atoms with E-state index in [1.165, 1.54) is 0 Å². The molecule has 0 aromatic heterocycles. The topological polar surface area (TPSA) is 33.5 Å². The molecule has 6 heteroatoms. The molecule has 0 spiro atoms. The van der Waals surface area contributed by atoms with Crippen molar-refractivity contribution in [1.29, 1.82) is 0 Å². The van der Waals surface area contributed by atoms with E-state index in [-0.39, 0.29) is 11.8 Å². The Kier molecular flexibility index (Phi) is 7.03. The molecular weight excluding hydrogens is 270 g/mol. The fourth-order valence-corrected chi connectivity index (χ4v) is 2.01. The zero-order valence-corrected chi connectivity index (χ0v) is 12.4. The highest BCUT2D eigenvalue weighted by molar-refractivity contribution is 6.68. The van der Waals surface area contributed by atoms with Gasteiger partial charge < -0.3 is 10.2 Å². The van der Waals surface area contributed by atoms with Crippen LogP contribution in [-0.4, -0.2) is 29.0 Å². The molecule has 2 N–H and O–H groups in total. The Labute approximate surface area is 112 Å². The first-order valence-electron chi connectivity index (χ1n) is 5.45. The van der Waals surface area contributed by atoms with Crippen molar-refractivity contribution in [3.63, 3.8) is 0 Å². The van der Waals surface area contributed by atoms with Crippen molar-refractivity contribution in [2.75, 3.05) is 13.1 Å². The van der Waals surface area contributed by atoms with E-state index in [9.17, 15) is 4.79 Å². The lowest BCUT2D eigenvalue weighted by molar-refractivity contribution is -0.923. The number of hydrogen-bond acceptors (Lipinski definition) is 1. The molecule has 0 aliphatic carbocycles. The Morgan fingerprint density at radius 2 is 1.69 bits per heavy atom. The summed E-state index contributed by atoms with van der Waals surface area (Å²) in [6.07, 6.45) is -0.512. The molecule has 0 rings (SSSR count). The van der Waals surface area contributed by atoms with E-state index in [1.807, 2.05) is 27.7 Å². The number of quaternary nitrogens is 1. The van der Waals surface area contributed by atoms with Gasteiger partial charge >= 0.3 is 0 Å². The van der Waals surface area contributed by atoms with Crippen LogP contribution in [0.4, 0.5) is 0 Å². The molecular formula is C10H20Cl3N2O+. The second-order valence-electron chi connectivity index (χ2n) is 4.00. The van der Waals surface area contributed by atoms with E-state index in [2.05, 4.69) is 5.32 Å². The minimum absolute atomic E-state index is 0.101. The Morgan fingerprint density at radius 1 is 1.25 bits per heavy atom. The summed E-state index contributed by atoms with van der Waals surface area (Å²) in [6.45, 7) is 9.17. The van der Waals surface area contributed by atoms with Crippen LogP contribution in [0.25, 0.3) is 0 Å². The molecule has 0 aliphatic heterocycles. The van der Waals surface area contributed by atoms with Gasteiger partial charge in [0.05, 0.1) is 13.1 Å². The number of halogens is 3. The third-order valence-electron chi connectivity index (χ3n) is 2.45. The van der Waals surface area contributed by atoms with Crippen molar-refractivity contribution in [2.45, 2.75) is 37.7 Å². The number of carbonyl (C=O) groups excluding carboxylic acids is 1. The smallest absolute Gasteiger partial charge is 0.262 e. The van der Waals surface area contributed by atoms with Crippen LogP contribution in [0, 0.1) is 5.92 Å². The van der Waals surface area contributed by atoms with Crippen molar-refractivity contribution in [1.82, 2.24) is 5.32 Å². The first-order valence-corrected chi connectivity index (χ1v) is 6.59. The van der Waals surface area contributed by atoms with Gasteiger partial charge in [0.2, 0.25) is 12.1 Å². The first kappa shape index (κ1) is 16.3. The summed E-state index contributed by atoms with van der Waals surface area (Å²) in [4.78, 5) is 12.7. The predicted octanol–water partition coefficient (Wildman–Crippen LogP) is 1.38. The second-order valence-corrected chi connectivity index (χ2v) is 6.37. The molecule has 96 valence electrons. The molecule has 1 amide bonds. The number of rotatable bonds is 5. The Morgan fingerprint density at radius 3 is 1.94 bits per heavy atom. The average molecular weight is 291 g/mol. The quantitative estimate of drug-likeness (QED) is 0.582. The maximum atomic E-state index is 11.6. The number of carbonyl (C=O) groups is 1. The summed E-state index contributed by atoms with van der Waals surface area (Å²) in [5, 5.41) is 2.79. The molecule has 1 atom stereocenters. The van der Waals surface area contributed by atoms with E-state index in [1.54, 1.807) is 0 Å². The van der Waals surface area contributed by atoms with Crippen LogP contribution >= 0.6 is 34.8 Å². The van der Waals surface area contributed by atoms with Crippen LogP contribution in [0.2, 0.25) is 0 Å². The van der Waals surface area contributed by atoms with Crippen LogP contribution in [0.1, 0.15) is 27.7 Å². The third kappa shape index (κ3) is 5.09. The minimum Gasteiger partial charge on any atom is -0.312 e. The molecule has 0 heterocycles. The number of amides is 1. The molecule has 0 aromatic rings. The highest BCUT2D eigenvalue weighted by atomic mass is 35.6. The summed E-state index contributed by atoms with van der Waals surface area (Å²) in [7, 11) is 0. The van der Waals surface area contributed by atoms with Crippen LogP contribution in [0.15, 0.2) is 0 Å². The van der Waals surface area contributed by atoms with Gasteiger partial charge in [-0.3, -0.25) is 4.79 Å². The van der Waals surface area contributed by atoms with E-state index in [0.717, 1.165) is 18.0 Å². The zero-order valence-electron chi connectivity index (χ0n) is 10.1. The fraction of sp³-hybridized carbons (Fsp3) is 0.900. The number of nitrogens with one attached hydrogen (secondary N) is 2. The second kappa shape index (κ2) is 6.90. The van der Waals surface area contributed by atoms with Crippen molar-refractivity contribution in [2.24, 2.45) is 5.92 Å². The van der Waals surface area contributed by atoms with E-state index in [0.29, 0.717) is 0 Å². The lowest BCUT2D eigenvalue weighted by Crippen LogP contribution is -3.18. The molecule has 0 saturated heterocycles. The zero-order chi connectivity index (χ0) is 12.9. The normalized spacial score (nSPS) is 14.3. The van der Waals surface area contributed by atoms with Crippen molar-refractivity contribution in [3.05, 3.63) is 0 Å². The van der Waals surface area contributed by atoms with Gasteiger partial charge in [-0.05, 0) is 13.8 Å². The molecule has 0 radical (unpaired) electrons. The van der Waals surface area contributed by atoms with Gasteiger partial charge in [-0.1, -0.05) is 48.7 Å². The summed E-state index contributed by atoms with van der Waals surface area (Å²) in [5.74, 6) is -0.222. The van der Waals surface area contributed by atoms with Gasteiger partial charge in [-0.2, -0.15) is 0 Å². The molecule has 0 unspecified atom stereocenters. The van der Waals surface area contributed by atoms with Gasteiger partial charge in [-0.15, -0.1) is 0 Å². The van der Waals surface area contributed by atoms with Crippen molar-refractivity contribution in [3.8, 4) is 0 Å². The standard InChI is InChI=1S/C10H19Cl3N2O/c1-5-15(6-2)9(10(11,12)13)14-8(16)7(3)4/h7,9H,5-6H2,1-4H3,(H,14,16)/p+1/t9-/m1/s1. The number of alkyl halides is 3. The van der Waals surface area contributed by atoms with Gasteiger partial charge in [-0.25, -0.2) is 0 Å². The lowest BCUT2D eigenvalue weighted by Gasteiger charge is -2.32. The van der Waals surface area contributed by atoms with E-state index in [4.69, 9.17) is 34.8 Å². The maximum Gasteiger partial charge on any atom is 0.262 e. The molecule has 3 nitrogen and oxygen atoms in total. The first-order chi connectivity index (χ1) is 7.23. The molecule has 0 aliphatic rings. The summed E-state index contributed by atoms with van der Waals surface area (Å²) in [5.41, 5.74) is 0. The third-order valence-corrected chi connectivity index (χ3v) is 3.11. The average Bonchev–Trinajstić information content (AvgIpc) is 2.16. The van der Waals surface area contributed by atoms with Crippen LogP contribution in [0.3, 0.4) is 0 Å². The fourth-order valence-electron chi connectivity index (χ4n) is 1.38. The van der Waals surface area contributed by atoms with Gasteiger partial charge in [0.15, 0.2) is 0 Å². The molecule has 16 heavy (non-hydrogen) atoms. The van der Waals surface area contributed by atoms with Gasteiger partial charge in [0, 0.05) is 5.92 Å². The predicted molar refractivity (Wildman–Crippen MR) is 69.1 cm³/mol. The highest BCUT2D eigenvalue weighted by Crippen LogP contribution is 2.27.